The molecule has 1 fully saturated rings. The van der Waals surface area contributed by atoms with Gasteiger partial charge in [0, 0.05) is 11.6 Å². The zero-order valence-electron chi connectivity index (χ0n) is 7.89. The molecule has 0 amide bonds. The Balaban J connectivity index is 2.24. The van der Waals surface area contributed by atoms with Gasteiger partial charge >= 0.3 is 0 Å². The average molecular weight is 197 g/mol. The minimum atomic E-state index is -0.367. The number of hydrogen-bond donors (Lipinski definition) is 1. The van der Waals surface area contributed by atoms with Gasteiger partial charge in [-0.3, -0.25) is 0 Å². The van der Waals surface area contributed by atoms with E-state index in [0.717, 1.165) is 31.9 Å². The van der Waals surface area contributed by atoms with Crippen molar-refractivity contribution in [1.82, 2.24) is 5.32 Å². The fraction of sp³-hybridized carbons (Fsp3) is 0.455. The topological polar surface area (TPSA) is 12.0 Å². The lowest BCUT2D eigenvalue weighted by molar-refractivity contribution is 0.398. The molecule has 0 unspecified atom stereocenters. The Morgan fingerprint density at radius 3 is 2.79 bits per heavy atom. The normalized spacial score (nSPS) is 22.3. The Labute approximate surface area is 82.1 Å². The van der Waals surface area contributed by atoms with Crippen LogP contribution in [0.15, 0.2) is 18.2 Å². The minimum Gasteiger partial charge on any atom is -0.310 e. The molecule has 1 nitrogen and oxygen atoms in total. The van der Waals surface area contributed by atoms with Crippen LogP contribution in [0.2, 0.25) is 0 Å². The molecule has 0 aliphatic carbocycles. The molecule has 1 aromatic rings. The van der Waals surface area contributed by atoms with E-state index in [9.17, 15) is 8.78 Å². The Morgan fingerprint density at radius 1 is 1.21 bits per heavy atom. The van der Waals surface area contributed by atoms with E-state index in [4.69, 9.17) is 0 Å². The smallest absolute Gasteiger partial charge is 0.128 e. The zero-order chi connectivity index (χ0) is 9.97. The highest BCUT2D eigenvalue weighted by Gasteiger charge is 2.18. The van der Waals surface area contributed by atoms with Crippen molar-refractivity contribution < 1.29 is 8.78 Å². The molecule has 1 aliphatic heterocycles. The van der Waals surface area contributed by atoms with Gasteiger partial charge in [-0.25, -0.2) is 8.78 Å². The fourth-order valence-electron chi connectivity index (χ4n) is 1.90. The molecule has 1 saturated heterocycles. The van der Waals surface area contributed by atoms with Crippen LogP contribution in [0.1, 0.15) is 30.9 Å². The van der Waals surface area contributed by atoms with Gasteiger partial charge in [0.05, 0.1) is 0 Å². The lowest BCUT2D eigenvalue weighted by Gasteiger charge is -2.24. The predicted molar refractivity (Wildman–Crippen MR) is 51.0 cm³/mol. The van der Waals surface area contributed by atoms with E-state index in [2.05, 4.69) is 5.32 Å². The van der Waals surface area contributed by atoms with Crippen LogP contribution in [-0.4, -0.2) is 6.54 Å². The van der Waals surface area contributed by atoms with E-state index in [1.165, 1.54) is 12.1 Å². The summed E-state index contributed by atoms with van der Waals surface area (Å²) in [4.78, 5) is 0. The first kappa shape index (κ1) is 9.59. The molecule has 1 aromatic carbocycles. The molecule has 1 atom stereocenters. The van der Waals surface area contributed by atoms with E-state index in [-0.39, 0.29) is 17.7 Å². The van der Waals surface area contributed by atoms with Gasteiger partial charge in [0.2, 0.25) is 0 Å². The molecule has 3 heteroatoms. The molecule has 0 bridgehead atoms. The molecule has 2 rings (SSSR count). The van der Waals surface area contributed by atoms with Crippen molar-refractivity contribution in [2.75, 3.05) is 6.54 Å². The molecule has 14 heavy (non-hydrogen) atoms. The first-order valence-corrected chi connectivity index (χ1v) is 4.96. The van der Waals surface area contributed by atoms with E-state index >= 15 is 0 Å². The number of nitrogens with one attached hydrogen (secondary N) is 1. The van der Waals surface area contributed by atoms with Crippen LogP contribution < -0.4 is 5.32 Å². The average Bonchev–Trinajstić information content (AvgIpc) is 2.23. The molecule has 0 spiro atoms. The number of hydrogen-bond acceptors (Lipinski definition) is 1. The second-order valence-corrected chi connectivity index (χ2v) is 3.67. The summed E-state index contributed by atoms with van der Waals surface area (Å²) < 4.78 is 26.3. The van der Waals surface area contributed by atoms with Crippen molar-refractivity contribution in [3.8, 4) is 0 Å². The molecule has 1 aliphatic rings. The van der Waals surface area contributed by atoms with Crippen LogP contribution >= 0.6 is 0 Å². The lowest BCUT2D eigenvalue weighted by Crippen LogP contribution is -2.27. The summed E-state index contributed by atoms with van der Waals surface area (Å²) in [7, 11) is 0. The molecular weight excluding hydrogens is 184 g/mol. The summed E-state index contributed by atoms with van der Waals surface area (Å²) in [5.74, 6) is -0.681. The van der Waals surface area contributed by atoms with Gasteiger partial charge in [0.25, 0.3) is 0 Å². The lowest BCUT2D eigenvalue weighted by atomic mass is 9.97. The van der Waals surface area contributed by atoms with Gasteiger partial charge in [-0.05, 0) is 37.6 Å². The Bertz CT molecular complexity index is 319. The monoisotopic (exact) mass is 197 g/mol. The summed E-state index contributed by atoms with van der Waals surface area (Å²) in [6.45, 7) is 0.890. The second-order valence-electron chi connectivity index (χ2n) is 3.67. The maximum Gasteiger partial charge on any atom is 0.128 e. The summed E-state index contributed by atoms with van der Waals surface area (Å²) in [6.07, 6.45) is 3.08. The van der Waals surface area contributed by atoms with Crippen molar-refractivity contribution in [3.05, 3.63) is 35.4 Å². The number of halogens is 2. The van der Waals surface area contributed by atoms with Crippen molar-refractivity contribution in [2.45, 2.75) is 25.3 Å². The Kier molecular flexibility index (Phi) is 2.77. The molecule has 76 valence electrons. The molecule has 0 radical (unpaired) electrons. The SMILES string of the molecule is Fc1ccc(F)c([C@H]2CCCCN2)c1. The third-order valence-electron chi connectivity index (χ3n) is 2.64. The van der Waals surface area contributed by atoms with Gasteiger partial charge < -0.3 is 5.32 Å². The Hall–Kier alpha value is -0.960. The van der Waals surface area contributed by atoms with Gasteiger partial charge in [-0.15, -0.1) is 0 Å². The molecule has 0 aromatic heterocycles. The van der Waals surface area contributed by atoms with E-state index in [1.54, 1.807) is 0 Å². The third kappa shape index (κ3) is 1.93. The van der Waals surface area contributed by atoms with Crippen LogP contribution in [0, 0.1) is 11.6 Å². The third-order valence-corrected chi connectivity index (χ3v) is 2.64. The van der Waals surface area contributed by atoms with Crippen molar-refractivity contribution in [1.29, 1.82) is 0 Å². The van der Waals surface area contributed by atoms with Crippen LogP contribution in [0.4, 0.5) is 8.78 Å². The first-order chi connectivity index (χ1) is 6.77. The van der Waals surface area contributed by atoms with E-state index < -0.39 is 0 Å². The summed E-state index contributed by atoms with van der Waals surface area (Å²) >= 11 is 0. The number of rotatable bonds is 1. The standard InChI is InChI=1S/C11H13F2N/c12-8-4-5-10(13)9(7-8)11-3-1-2-6-14-11/h4-5,7,11,14H,1-3,6H2/t11-/m1/s1. The summed E-state index contributed by atoms with van der Waals surface area (Å²) in [5, 5.41) is 3.20. The largest absolute Gasteiger partial charge is 0.310 e. The van der Waals surface area contributed by atoms with Crippen LogP contribution in [0.3, 0.4) is 0 Å². The number of benzene rings is 1. The van der Waals surface area contributed by atoms with Crippen molar-refractivity contribution in [2.24, 2.45) is 0 Å². The highest BCUT2D eigenvalue weighted by molar-refractivity contribution is 5.22. The highest BCUT2D eigenvalue weighted by atomic mass is 19.1. The van der Waals surface area contributed by atoms with Crippen molar-refractivity contribution in [3.63, 3.8) is 0 Å². The predicted octanol–water partition coefficient (Wildman–Crippen LogP) is 2.78. The molecule has 0 saturated carbocycles. The number of piperidine rings is 1. The maximum absolute atomic E-state index is 13.3. The van der Waals surface area contributed by atoms with E-state index in [0.29, 0.717) is 5.56 Å². The van der Waals surface area contributed by atoms with E-state index in [1.807, 2.05) is 0 Å². The fourth-order valence-corrected chi connectivity index (χ4v) is 1.90. The summed E-state index contributed by atoms with van der Waals surface area (Å²) in [5.41, 5.74) is 0.463. The van der Waals surface area contributed by atoms with Crippen LogP contribution in [0.25, 0.3) is 0 Å². The Morgan fingerprint density at radius 2 is 2.07 bits per heavy atom. The highest BCUT2D eigenvalue weighted by Crippen LogP contribution is 2.25. The molecule has 1 heterocycles. The molecule has 1 N–H and O–H groups in total. The molecular formula is C11H13F2N. The maximum atomic E-state index is 13.3. The van der Waals surface area contributed by atoms with Crippen molar-refractivity contribution >= 4 is 0 Å². The van der Waals surface area contributed by atoms with Gasteiger partial charge in [-0.2, -0.15) is 0 Å². The van der Waals surface area contributed by atoms with Crippen LogP contribution in [0.5, 0.6) is 0 Å². The zero-order valence-corrected chi connectivity index (χ0v) is 7.89. The van der Waals surface area contributed by atoms with Gasteiger partial charge in [0.15, 0.2) is 0 Å². The minimum absolute atomic E-state index is 0.0144. The summed E-state index contributed by atoms with van der Waals surface area (Å²) in [6, 6.07) is 3.63. The van der Waals surface area contributed by atoms with Gasteiger partial charge in [-0.1, -0.05) is 6.42 Å². The quantitative estimate of drug-likeness (QED) is 0.730. The van der Waals surface area contributed by atoms with Crippen LogP contribution in [-0.2, 0) is 0 Å². The first-order valence-electron chi connectivity index (χ1n) is 4.96. The second kappa shape index (κ2) is 4.05. The van der Waals surface area contributed by atoms with Gasteiger partial charge in [0.1, 0.15) is 11.6 Å².